The Morgan fingerprint density at radius 1 is 1.12 bits per heavy atom. The van der Waals surface area contributed by atoms with Gasteiger partial charge in [0.05, 0.1) is 10.6 Å². The van der Waals surface area contributed by atoms with Crippen LogP contribution in [0.4, 0.5) is 10.8 Å². The summed E-state index contributed by atoms with van der Waals surface area (Å²) in [6, 6.07) is 10.6. The van der Waals surface area contributed by atoms with E-state index in [1.807, 2.05) is 16.8 Å². The van der Waals surface area contributed by atoms with Crippen molar-refractivity contribution in [3.8, 4) is 0 Å². The quantitative estimate of drug-likeness (QED) is 0.640. The van der Waals surface area contributed by atoms with Crippen molar-refractivity contribution in [1.29, 1.82) is 0 Å². The summed E-state index contributed by atoms with van der Waals surface area (Å²) in [5.74, 6) is -0.283. The Hall–Kier alpha value is -2.22. The number of carbonyl (C=O) groups is 2. The molecule has 0 fully saturated rings. The summed E-state index contributed by atoms with van der Waals surface area (Å²) in [4.78, 5) is 28.9. The topological polar surface area (TPSA) is 71.1 Å². The number of aryl methyl sites for hydroxylation is 1. The van der Waals surface area contributed by atoms with Gasteiger partial charge in [-0.25, -0.2) is 4.98 Å². The summed E-state index contributed by atoms with van der Waals surface area (Å²) in [5, 5.41) is 10.4. The highest BCUT2D eigenvalue weighted by molar-refractivity contribution is 7.14. The van der Waals surface area contributed by atoms with Gasteiger partial charge in [0.15, 0.2) is 5.13 Å². The summed E-state index contributed by atoms with van der Waals surface area (Å²) < 4.78 is 0. The first kappa shape index (κ1) is 17.6. The first-order valence-electron chi connectivity index (χ1n) is 7.45. The van der Waals surface area contributed by atoms with Crippen molar-refractivity contribution in [2.24, 2.45) is 0 Å². The molecule has 2 N–H and O–H groups in total. The van der Waals surface area contributed by atoms with Gasteiger partial charge in [-0.3, -0.25) is 14.9 Å². The maximum absolute atomic E-state index is 12.0. The zero-order chi connectivity index (χ0) is 17.6. The van der Waals surface area contributed by atoms with Gasteiger partial charge in [0, 0.05) is 22.5 Å². The van der Waals surface area contributed by atoms with Crippen molar-refractivity contribution in [1.82, 2.24) is 4.98 Å². The summed E-state index contributed by atoms with van der Waals surface area (Å²) in [6.07, 6.45) is 0.798. The van der Waals surface area contributed by atoms with E-state index in [1.54, 1.807) is 30.3 Å². The number of thiazole rings is 1. The number of nitrogens with zero attached hydrogens (tertiary/aromatic N) is 1. The number of halogens is 1. The maximum Gasteiger partial charge on any atom is 0.267 e. The van der Waals surface area contributed by atoms with Crippen molar-refractivity contribution in [3.05, 3.63) is 62.8 Å². The molecule has 0 saturated carbocycles. The van der Waals surface area contributed by atoms with Crippen LogP contribution in [0.25, 0.3) is 0 Å². The molecule has 0 radical (unpaired) electrons. The van der Waals surface area contributed by atoms with Crippen LogP contribution in [-0.4, -0.2) is 16.8 Å². The van der Waals surface area contributed by atoms with Gasteiger partial charge < -0.3 is 5.32 Å². The molecule has 2 aromatic heterocycles. The molecule has 1 aromatic carbocycles. The highest BCUT2D eigenvalue weighted by atomic mass is 35.5. The lowest BCUT2D eigenvalue weighted by atomic mass is 10.2. The van der Waals surface area contributed by atoms with Crippen LogP contribution in [0.3, 0.4) is 0 Å². The van der Waals surface area contributed by atoms with Crippen LogP contribution in [0.15, 0.2) is 47.2 Å². The third-order valence-electron chi connectivity index (χ3n) is 3.23. The van der Waals surface area contributed by atoms with E-state index in [0.717, 1.165) is 5.69 Å². The van der Waals surface area contributed by atoms with Gasteiger partial charge in [-0.05, 0) is 36.1 Å². The third kappa shape index (κ3) is 5.12. The molecule has 8 heteroatoms. The highest BCUT2D eigenvalue weighted by Crippen LogP contribution is 2.19. The molecular formula is C17H14ClN3O2S2. The zero-order valence-electron chi connectivity index (χ0n) is 13.0. The van der Waals surface area contributed by atoms with Gasteiger partial charge in [-0.15, -0.1) is 22.7 Å². The minimum Gasteiger partial charge on any atom is -0.326 e. The van der Waals surface area contributed by atoms with Crippen LogP contribution in [0.1, 0.15) is 21.8 Å². The normalized spacial score (nSPS) is 10.4. The Morgan fingerprint density at radius 2 is 2.00 bits per heavy atom. The predicted molar refractivity (Wildman–Crippen MR) is 103 cm³/mol. The number of benzene rings is 1. The number of hydrogen-bond acceptors (Lipinski definition) is 5. The summed E-state index contributed by atoms with van der Waals surface area (Å²) in [6.45, 7) is 0. The molecule has 2 amide bonds. The molecule has 0 aliphatic rings. The number of rotatable bonds is 6. The molecule has 0 saturated heterocycles. The second kappa shape index (κ2) is 8.24. The van der Waals surface area contributed by atoms with Crippen molar-refractivity contribution in [2.45, 2.75) is 12.8 Å². The molecule has 0 unspecified atom stereocenters. The van der Waals surface area contributed by atoms with E-state index in [2.05, 4.69) is 15.6 Å². The van der Waals surface area contributed by atoms with Crippen molar-refractivity contribution >= 4 is 56.9 Å². The second-order valence-electron chi connectivity index (χ2n) is 5.13. The van der Waals surface area contributed by atoms with Crippen molar-refractivity contribution in [3.63, 3.8) is 0 Å². The molecule has 5 nitrogen and oxygen atoms in total. The molecule has 0 aliphatic carbocycles. The average Bonchev–Trinajstić information content (AvgIpc) is 3.25. The Kier molecular flexibility index (Phi) is 5.80. The molecule has 0 bridgehead atoms. The van der Waals surface area contributed by atoms with Crippen LogP contribution in [0.2, 0.25) is 5.02 Å². The molecule has 0 aliphatic heterocycles. The maximum atomic E-state index is 12.0. The van der Waals surface area contributed by atoms with Gasteiger partial charge in [-0.2, -0.15) is 0 Å². The second-order valence-corrected chi connectivity index (χ2v) is 7.38. The van der Waals surface area contributed by atoms with E-state index in [1.165, 1.54) is 22.7 Å². The van der Waals surface area contributed by atoms with Gasteiger partial charge in [0.1, 0.15) is 0 Å². The smallest absolute Gasteiger partial charge is 0.267 e. The molecule has 2 heterocycles. The van der Waals surface area contributed by atoms with E-state index in [0.29, 0.717) is 33.6 Å². The SMILES string of the molecule is O=C(CCc1csc(NC(=O)c2cccs2)n1)Nc1cccc(Cl)c1. The Balaban J connectivity index is 1.50. The molecule has 0 atom stereocenters. The Bertz CT molecular complexity index is 878. The van der Waals surface area contributed by atoms with E-state index >= 15 is 0 Å². The van der Waals surface area contributed by atoms with Crippen molar-refractivity contribution < 1.29 is 9.59 Å². The molecule has 0 spiro atoms. The summed E-state index contributed by atoms with van der Waals surface area (Å²) in [7, 11) is 0. The Morgan fingerprint density at radius 3 is 2.76 bits per heavy atom. The molecule has 3 aromatic rings. The summed E-state index contributed by atoms with van der Waals surface area (Å²) in [5.41, 5.74) is 1.44. The molecule has 3 rings (SSSR count). The fourth-order valence-corrected chi connectivity index (χ4v) is 3.63. The minimum atomic E-state index is -0.172. The van der Waals surface area contributed by atoms with Gasteiger partial charge >= 0.3 is 0 Å². The number of aromatic nitrogens is 1. The van der Waals surface area contributed by atoms with Crippen LogP contribution < -0.4 is 10.6 Å². The van der Waals surface area contributed by atoms with Gasteiger partial charge in [-0.1, -0.05) is 23.7 Å². The average molecular weight is 392 g/mol. The largest absolute Gasteiger partial charge is 0.326 e. The fraction of sp³-hybridized carbons (Fsp3) is 0.118. The number of thiophene rings is 1. The van der Waals surface area contributed by atoms with Crippen LogP contribution in [0.5, 0.6) is 0 Å². The van der Waals surface area contributed by atoms with Gasteiger partial charge in [0.2, 0.25) is 5.91 Å². The zero-order valence-corrected chi connectivity index (χ0v) is 15.4. The van der Waals surface area contributed by atoms with Crippen molar-refractivity contribution in [2.75, 3.05) is 10.6 Å². The number of amides is 2. The highest BCUT2D eigenvalue weighted by Gasteiger charge is 2.11. The predicted octanol–water partition coefficient (Wildman–Crippen LogP) is 4.68. The molecular weight excluding hydrogens is 378 g/mol. The van der Waals surface area contributed by atoms with E-state index in [4.69, 9.17) is 11.6 Å². The van der Waals surface area contributed by atoms with Crippen LogP contribution in [0, 0.1) is 0 Å². The number of carbonyl (C=O) groups excluding carboxylic acids is 2. The monoisotopic (exact) mass is 391 g/mol. The standard InChI is InChI=1S/C17H14ClN3O2S2/c18-11-3-1-4-12(9-11)19-15(22)7-6-13-10-25-17(20-13)21-16(23)14-5-2-8-24-14/h1-5,8-10H,6-7H2,(H,19,22)(H,20,21,23). The lowest BCUT2D eigenvalue weighted by Crippen LogP contribution is -2.12. The Labute approximate surface area is 157 Å². The molecule has 128 valence electrons. The lowest BCUT2D eigenvalue weighted by molar-refractivity contribution is -0.116. The third-order valence-corrected chi connectivity index (χ3v) is 5.14. The van der Waals surface area contributed by atoms with Crippen LogP contribution >= 0.6 is 34.3 Å². The van der Waals surface area contributed by atoms with E-state index < -0.39 is 0 Å². The van der Waals surface area contributed by atoms with Crippen LogP contribution in [-0.2, 0) is 11.2 Å². The summed E-state index contributed by atoms with van der Waals surface area (Å²) >= 11 is 8.61. The fourth-order valence-electron chi connectivity index (χ4n) is 2.08. The number of hydrogen-bond donors (Lipinski definition) is 2. The van der Waals surface area contributed by atoms with E-state index in [-0.39, 0.29) is 11.8 Å². The first-order valence-corrected chi connectivity index (χ1v) is 9.58. The minimum absolute atomic E-state index is 0.112. The lowest BCUT2D eigenvalue weighted by Gasteiger charge is -2.04. The number of anilines is 2. The van der Waals surface area contributed by atoms with E-state index in [9.17, 15) is 9.59 Å². The number of nitrogens with one attached hydrogen (secondary N) is 2. The van der Waals surface area contributed by atoms with Gasteiger partial charge in [0.25, 0.3) is 5.91 Å². The molecule has 25 heavy (non-hydrogen) atoms. The first-order chi connectivity index (χ1) is 12.1.